The maximum Gasteiger partial charge on any atom is 1.00 e. The predicted molar refractivity (Wildman–Crippen MR) is 91.6 cm³/mol. The molecule has 4 nitrogen and oxygen atoms in total. The van der Waals surface area contributed by atoms with Crippen molar-refractivity contribution in [3.8, 4) is 0 Å². The van der Waals surface area contributed by atoms with Gasteiger partial charge >= 0.3 is 84.2 Å². The predicted octanol–water partition coefficient (Wildman–Crippen LogP) is 3.22. The molecule has 2 aliphatic carbocycles. The summed E-state index contributed by atoms with van der Waals surface area (Å²) in [6.45, 7) is 28.1. The maximum absolute atomic E-state index is 7.50. The van der Waals surface area contributed by atoms with Crippen LogP contribution in [-0.4, -0.2) is 15.2 Å². The average molecular weight is 559 g/mol. The standard InChI is InChI=1S/C14H20Si2.4CO.2Ru/c1-15(2,13-9-5-6-10-13)16(3,4)14-11-7-8-12-14;4*1-2;;/h5-12H,1-4H3;;;;;;/q;;;;;2*+1. The normalized spacial score (nSPS) is 16.0. The van der Waals surface area contributed by atoms with Gasteiger partial charge in [0.25, 0.3) is 0 Å². The Kier molecular flexibility index (Phi) is 31.6. The van der Waals surface area contributed by atoms with E-state index in [1.165, 1.54) is 0 Å². The van der Waals surface area contributed by atoms with Gasteiger partial charge in [0.1, 0.15) is 0 Å². The molecule has 0 heterocycles. The zero-order valence-corrected chi connectivity index (χ0v) is 20.4. The summed E-state index contributed by atoms with van der Waals surface area (Å²) >= 11 is 0. The van der Waals surface area contributed by atoms with Gasteiger partial charge in [-0.1, -0.05) is 26.2 Å². The van der Waals surface area contributed by atoms with E-state index >= 15 is 0 Å². The summed E-state index contributed by atoms with van der Waals surface area (Å²) in [7, 11) is -2.64. The van der Waals surface area contributed by atoms with E-state index < -0.39 is 15.2 Å². The zero-order valence-electron chi connectivity index (χ0n) is 15.0. The molecule has 2 fully saturated rings. The number of hydrogen-bond acceptors (Lipinski definition) is 0. The topological polar surface area (TPSA) is 79.6 Å². The van der Waals surface area contributed by atoms with E-state index in [1.54, 1.807) is 11.1 Å². The molecule has 0 unspecified atom stereocenters. The first-order valence-corrected chi connectivity index (χ1v) is 13.7. The van der Waals surface area contributed by atoms with Gasteiger partial charge in [0.15, 0.2) is 0 Å². The Balaban J connectivity index is -0.000000131. The molecule has 2 aliphatic rings. The molecule has 0 atom stereocenters. The molecular weight excluding hydrogens is 539 g/mol. The SMILES string of the molecule is C[Si](C)([C]1[CH][CH][CH][CH]1)[Si](C)(C)[C]1[CH][CH][CH][CH]1.[C-]#[O+].[C-]#[O+].[C-]#[O+].[C-]#[O+].[Ru+].[Ru+]. The van der Waals surface area contributed by atoms with Gasteiger partial charge in [-0.2, -0.15) is 0 Å². The molecule has 0 aromatic carbocycles. The first kappa shape index (κ1) is 37.4. The fraction of sp³-hybridized carbons (Fsp3) is 0.222. The van der Waals surface area contributed by atoms with Gasteiger partial charge in [-0.3, -0.25) is 0 Å². The smallest absolute Gasteiger partial charge is 1.00 e. The minimum absolute atomic E-state index is 0. The van der Waals surface area contributed by atoms with E-state index in [2.05, 4.69) is 104 Å². The van der Waals surface area contributed by atoms with Gasteiger partial charge in [-0.25, -0.2) is 0 Å². The molecule has 0 aliphatic heterocycles. The van der Waals surface area contributed by atoms with E-state index in [9.17, 15) is 0 Å². The Morgan fingerprint density at radius 3 is 0.808 bits per heavy atom. The van der Waals surface area contributed by atoms with Crippen molar-refractivity contribution in [2.45, 2.75) is 26.2 Å². The van der Waals surface area contributed by atoms with Crippen molar-refractivity contribution >= 4 is 15.2 Å². The summed E-state index contributed by atoms with van der Waals surface area (Å²) in [5.74, 6) is 0. The van der Waals surface area contributed by atoms with Gasteiger partial charge in [-0.05, 0) is 62.4 Å². The van der Waals surface area contributed by atoms with Crippen LogP contribution in [0, 0.1) is 89.1 Å². The number of hydrogen-bond donors (Lipinski definition) is 0. The minimum Gasteiger partial charge on any atom is 1.00 e. The monoisotopic (exact) mass is 560 g/mol. The fourth-order valence-electron chi connectivity index (χ4n) is 2.30. The van der Waals surface area contributed by atoms with Crippen LogP contribution in [0.25, 0.3) is 0 Å². The van der Waals surface area contributed by atoms with Gasteiger partial charge in [0.2, 0.25) is 0 Å². The third kappa shape index (κ3) is 10.8. The van der Waals surface area contributed by atoms with Crippen LogP contribution in [0.1, 0.15) is 0 Å². The molecule has 0 spiro atoms. The molecular formula is C18H20O4Ru2Si2+2. The van der Waals surface area contributed by atoms with E-state index in [4.69, 9.17) is 18.6 Å². The van der Waals surface area contributed by atoms with Crippen LogP contribution < -0.4 is 0 Å². The first-order chi connectivity index (χ1) is 11.5. The summed E-state index contributed by atoms with van der Waals surface area (Å²) in [6.07, 6.45) is 18.0. The second kappa shape index (κ2) is 21.9. The quantitative estimate of drug-likeness (QED) is 0.290. The van der Waals surface area contributed by atoms with Crippen molar-refractivity contribution in [1.82, 2.24) is 0 Å². The molecule has 138 valence electrons. The van der Waals surface area contributed by atoms with E-state index in [1.807, 2.05) is 0 Å². The Morgan fingerprint density at radius 1 is 0.500 bits per heavy atom. The van der Waals surface area contributed by atoms with Crippen LogP contribution in [0.4, 0.5) is 0 Å². The van der Waals surface area contributed by atoms with E-state index in [-0.39, 0.29) is 39.0 Å². The third-order valence-electron chi connectivity index (χ3n) is 4.33. The molecule has 0 aromatic rings. The molecule has 12 radical (unpaired) electrons. The Morgan fingerprint density at radius 2 is 0.654 bits per heavy atom. The van der Waals surface area contributed by atoms with Gasteiger partial charge in [0.05, 0.1) is 0 Å². The molecule has 0 saturated heterocycles. The van der Waals surface area contributed by atoms with Crippen molar-refractivity contribution in [3.05, 3.63) is 89.1 Å². The Hall–Kier alpha value is 0.641. The number of rotatable bonds is 3. The summed E-state index contributed by atoms with van der Waals surface area (Å²) < 4.78 is 30.0. The minimum atomic E-state index is -1.32. The molecule has 0 bridgehead atoms. The molecule has 8 heteroatoms. The maximum atomic E-state index is 7.50. The molecule has 0 amide bonds. The third-order valence-corrected chi connectivity index (χ3v) is 22.1. The van der Waals surface area contributed by atoms with E-state index in [0.29, 0.717) is 0 Å². The van der Waals surface area contributed by atoms with Gasteiger partial charge in [0, 0.05) is 15.2 Å². The van der Waals surface area contributed by atoms with Gasteiger partial charge < -0.3 is 0 Å². The summed E-state index contributed by atoms with van der Waals surface area (Å²) in [5, 5.41) is 0. The largest absolute Gasteiger partial charge is 1.00 e. The molecule has 26 heavy (non-hydrogen) atoms. The van der Waals surface area contributed by atoms with Crippen molar-refractivity contribution in [2.24, 2.45) is 0 Å². The van der Waals surface area contributed by atoms with Crippen LogP contribution in [0.2, 0.25) is 26.2 Å². The second-order valence-corrected chi connectivity index (χ2v) is 20.8. The summed E-state index contributed by atoms with van der Waals surface area (Å²) in [6, 6.07) is 0. The van der Waals surface area contributed by atoms with Crippen molar-refractivity contribution in [1.29, 1.82) is 0 Å². The van der Waals surface area contributed by atoms with Crippen molar-refractivity contribution in [2.75, 3.05) is 0 Å². The fourth-order valence-corrected chi connectivity index (χ4v) is 11.1. The van der Waals surface area contributed by atoms with Gasteiger partial charge in [-0.15, -0.1) is 0 Å². The molecule has 2 rings (SSSR count). The van der Waals surface area contributed by atoms with Crippen LogP contribution in [0.15, 0.2) is 0 Å². The van der Waals surface area contributed by atoms with Crippen molar-refractivity contribution in [3.63, 3.8) is 0 Å². The summed E-state index contributed by atoms with van der Waals surface area (Å²) in [5.41, 5.74) is 3.23. The van der Waals surface area contributed by atoms with Crippen LogP contribution in [0.5, 0.6) is 0 Å². The summed E-state index contributed by atoms with van der Waals surface area (Å²) in [4.78, 5) is 0. The van der Waals surface area contributed by atoms with Crippen molar-refractivity contribution < 1.29 is 57.6 Å². The van der Waals surface area contributed by atoms with Crippen LogP contribution in [-0.2, 0) is 57.6 Å². The Bertz CT molecular complexity index is 345. The van der Waals surface area contributed by atoms with Crippen LogP contribution in [0.3, 0.4) is 0 Å². The Labute approximate surface area is 187 Å². The van der Waals surface area contributed by atoms with E-state index in [0.717, 1.165) is 0 Å². The first-order valence-electron chi connectivity index (χ1n) is 6.72. The molecule has 0 N–H and O–H groups in total. The second-order valence-electron chi connectivity index (χ2n) is 5.60. The average Bonchev–Trinajstić information content (AvgIpc) is 3.36. The molecule has 0 aromatic heterocycles. The van der Waals surface area contributed by atoms with Crippen LogP contribution >= 0.6 is 0 Å². The molecule has 2 saturated carbocycles. The zero-order chi connectivity index (χ0) is 19.8.